The lowest BCUT2D eigenvalue weighted by atomic mass is 9.77. The van der Waals surface area contributed by atoms with E-state index in [2.05, 4.69) is 18.7 Å². The van der Waals surface area contributed by atoms with Crippen LogP contribution in [0.25, 0.3) is 0 Å². The Labute approximate surface area is 131 Å². The van der Waals surface area contributed by atoms with Crippen LogP contribution in [0.5, 0.6) is 0 Å². The van der Waals surface area contributed by atoms with Crippen LogP contribution < -0.4 is 10.6 Å². The molecule has 0 radical (unpaired) electrons. The monoisotopic (exact) mass is 305 g/mol. The van der Waals surface area contributed by atoms with E-state index >= 15 is 0 Å². The van der Waals surface area contributed by atoms with Crippen molar-refractivity contribution in [2.75, 3.05) is 11.4 Å². The molecule has 0 spiro atoms. The number of aromatic nitrogens is 1. The van der Waals surface area contributed by atoms with Gasteiger partial charge in [0.15, 0.2) is 5.13 Å². The predicted octanol–water partition coefficient (Wildman–Crippen LogP) is 3.88. The lowest BCUT2D eigenvalue weighted by molar-refractivity contribution is 0.282. The van der Waals surface area contributed by atoms with E-state index in [1.807, 2.05) is 11.3 Å². The van der Waals surface area contributed by atoms with Gasteiger partial charge in [-0.05, 0) is 49.9 Å². The summed E-state index contributed by atoms with van der Waals surface area (Å²) in [5.41, 5.74) is 8.02. The molecular formula is C17H27N3S. The highest BCUT2D eigenvalue weighted by Crippen LogP contribution is 2.46. The fraction of sp³-hybridized carbons (Fsp3) is 0.824. The van der Waals surface area contributed by atoms with Crippen molar-refractivity contribution in [2.24, 2.45) is 17.1 Å². The summed E-state index contributed by atoms with van der Waals surface area (Å²) >= 11 is 1.89. The SMILES string of the molecule is CC1(C)Cc2nc(N3CCCC4CCCC43)sc2C(N)C1. The number of nitrogens with zero attached hydrogens (tertiary/aromatic N) is 2. The van der Waals surface area contributed by atoms with Crippen molar-refractivity contribution in [3.05, 3.63) is 10.6 Å². The first-order valence-electron chi connectivity index (χ1n) is 8.55. The molecule has 0 amide bonds. The van der Waals surface area contributed by atoms with Crippen LogP contribution in [0.1, 0.15) is 69.0 Å². The minimum absolute atomic E-state index is 0.194. The first-order chi connectivity index (χ1) is 10.0. The fourth-order valence-electron chi connectivity index (χ4n) is 4.79. The van der Waals surface area contributed by atoms with E-state index in [1.165, 1.54) is 54.4 Å². The van der Waals surface area contributed by atoms with Gasteiger partial charge in [-0.15, -0.1) is 0 Å². The van der Waals surface area contributed by atoms with Crippen LogP contribution in [0.3, 0.4) is 0 Å². The molecule has 3 atom stereocenters. The van der Waals surface area contributed by atoms with E-state index in [9.17, 15) is 0 Å². The number of rotatable bonds is 1. The van der Waals surface area contributed by atoms with Crippen molar-refractivity contribution in [3.8, 4) is 0 Å². The smallest absolute Gasteiger partial charge is 0.186 e. The molecule has 1 aromatic rings. The van der Waals surface area contributed by atoms with Gasteiger partial charge >= 0.3 is 0 Å². The molecular weight excluding hydrogens is 278 g/mol. The van der Waals surface area contributed by atoms with E-state index < -0.39 is 0 Å². The lowest BCUT2D eigenvalue weighted by Gasteiger charge is -2.37. The summed E-state index contributed by atoms with van der Waals surface area (Å²) < 4.78 is 0. The van der Waals surface area contributed by atoms with Crippen molar-refractivity contribution in [2.45, 2.75) is 70.9 Å². The van der Waals surface area contributed by atoms with Gasteiger partial charge in [-0.2, -0.15) is 0 Å². The van der Waals surface area contributed by atoms with Gasteiger partial charge in [0, 0.05) is 23.5 Å². The highest BCUT2D eigenvalue weighted by atomic mass is 32.1. The summed E-state index contributed by atoms with van der Waals surface area (Å²) in [6.07, 6.45) is 9.15. The van der Waals surface area contributed by atoms with Crippen molar-refractivity contribution in [1.82, 2.24) is 4.98 Å². The zero-order chi connectivity index (χ0) is 14.6. The molecule has 1 saturated heterocycles. The van der Waals surface area contributed by atoms with Gasteiger partial charge in [0.05, 0.1) is 5.69 Å². The summed E-state index contributed by atoms with van der Waals surface area (Å²) in [4.78, 5) is 9.04. The van der Waals surface area contributed by atoms with Crippen LogP contribution in [-0.2, 0) is 6.42 Å². The Kier molecular flexibility index (Phi) is 3.30. The Morgan fingerprint density at radius 2 is 2.05 bits per heavy atom. The highest BCUT2D eigenvalue weighted by molar-refractivity contribution is 7.15. The molecule has 1 aliphatic heterocycles. The van der Waals surface area contributed by atoms with Crippen LogP contribution in [-0.4, -0.2) is 17.6 Å². The molecule has 2 aliphatic carbocycles. The molecule has 0 bridgehead atoms. The van der Waals surface area contributed by atoms with Gasteiger partial charge in [0.2, 0.25) is 0 Å². The average Bonchev–Trinajstić information content (AvgIpc) is 3.02. The molecule has 3 aliphatic rings. The molecule has 116 valence electrons. The minimum atomic E-state index is 0.194. The summed E-state index contributed by atoms with van der Waals surface area (Å²) in [5.74, 6) is 0.921. The summed E-state index contributed by atoms with van der Waals surface area (Å²) in [7, 11) is 0. The van der Waals surface area contributed by atoms with Gasteiger partial charge in [-0.3, -0.25) is 0 Å². The van der Waals surface area contributed by atoms with Crippen LogP contribution >= 0.6 is 11.3 Å². The lowest BCUT2D eigenvalue weighted by Crippen LogP contribution is -2.42. The third kappa shape index (κ3) is 2.40. The zero-order valence-electron chi connectivity index (χ0n) is 13.3. The standard InChI is InChI=1S/C17H27N3S/c1-17(2)9-12(18)15-13(10-17)19-16(21-15)20-8-4-6-11-5-3-7-14(11)20/h11-12,14H,3-10,18H2,1-2H3. The molecule has 4 heteroatoms. The Morgan fingerprint density at radius 3 is 2.90 bits per heavy atom. The summed E-state index contributed by atoms with van der Waals surface area (Å²) in [5, 5.41) is 1.27. The second kappa shape index (κ2) is 4.95. The Morgan fingerprint density at radius 1 is 1.24 bits per heavy atom. The van der Waals surface area contributed by atoms with Crippen molar-refractivity contribution in [3.63, 3.8) is 0 Å². The molecule has 3 nitrogen and oxygen atoms in total. The molecule has 4 rings (SSSR count). The third-order valence-corrected chi connectivity index (χ3v) is 6.98. The predicted molar refractivity (Wildman–Crippen MR) is 88.9 cm³/mol. The number of hydrogen-bond acceptors (Lipinski definition) is 4. The molecule has 2 fully saturated rings. The highest BCUT2D eigenvalue weighted by Gasteiger charge is 2.38. The number of fused-ring (bicyclic) bond motifs is 2. The van der Waals surface area contributed by atoms with Gasteiger partial charge in [0.1, 0.15) is 0 Å². The number of thiazole rings is 1. The van der Waals surface area contributed by atoms with Crippen molar-refractivity contribution >= 4 is 16.5 Å². The molecule has 1 saturated carbocycles. The minimum Gasteiger partial charge on any atom is -0.345 e. The molecule has 2 heterocycles. The van der Waals surface area contributed by atoms with Crippen LogP contribution in [0.2, 0.25) is 0 Å². The molecule has 3 unspecified atom stereocenters. The van der Waals surface area contributed by atoms with Crippen molar-refractivity contribution in [1.29, 1.82) is 0 Å². The van der Waals surface area contributed by atoms with Crippen LogP contribution in [0.15, 0.2) is 0 Å². The Hall–Kier alpha value is -0.610. The maximum absolute atomic E-state index is 6.42. The molecule has 2 N–H and O–H groups in total. The van der Waals surface area contributed by atoms with E-state index in [1.54, 1.807) is 0 Å². The topological polar surface area (TPSA) is 42.2 Å². The van der Waals surface area contributed by atoms with Gasteiger partial charge < -0.3 is 10.6 Å². The third-order valence-electron chi connectivity index (χ3n) is 5.71. The molecule has 0 aromatic carbocycles. The van der Waals surface area contributed by atoms with Gasteiger partial charge in [-0.25, -0.2) is 4.98 Å². The maximum atomic E-state index is 6.42. The first-order valence-corrected chi connectivity index (χ1v) is 9.37. The van der Waals surface area contributed by atoms with E-state index in [0.717, 1.165) is 24.8 Å². The van der Waals surface area contributed by atoms with E-state index in [-0.39, 0.29) is 6.04 Å². The number of piperidine rings is 1. The fourth-order valence-corrected chi connectivity index (χ4v) is 5.96. The largest absolute Gasteiger partial charge is 0.345 e. The van der Waals surface area contributed by atoms with Gasteiger partial charge in [-0.1, -0.05) is 31.6 Å². The Bertz CT molecular complexity index is 536. The maximum Gasteiger partial charge on any atom is 0.186 e. The number of nitrogens with two attached hydrogens (primary N) is 1. The average molecular weight is 305 g/mol. The summed E-state index contributed by atoms with van der Waals surface area (Å²) in [6.45, 7) is 5.84. The molecule has 21 heavy (non-hydrogen) atoms. The Balaban J connectivity index is 1.65. The first kappa shape index (κ1) is 14.0. The molecule has 1 aromatic heterocycles. The number of anilines is 1. The van der Waals surface area contributed by atoms with E-state index in [0.29, 0.717) is 5.41 Å². The van der Waals surface area contributed by atoms with Crippen LogP contribution in [0.4, 0.5) is 5.13 Å². The van der Waals surface area contributed by atoms with Crippen LogP contribution in [0, 0.1) is 11.3 Å². The second-order valence-electron chi connectivity index (χ2n) is 8.05. The number of hydrogen-bond donors (Lipinski definition) is 1. The summed E-state index contributed by atoms with van der Waals surface area (Å²) in [6, 6.07) is 0.953. The normalized spacial score (nSPS) is 34.6. The van der Waals surface area contributed by atoms with Gasteiger partial charge in [0.25, 0.3) is 0 Å². The quantitative estimate of drug-likeness (QED) is 0.856. The zero-order valence-corrected chi connectivity index (χ0v) is 14.1. The van der Waals surface area contributed by atoms with Crippen molar-refractivity contribution < 1.29 is 0 Å². The second-order valence-corrected chi connectivity index (χ2v) is 9.06. The van der Waals surface area contributed by atoms with E-state index in [4.69, 9.17) is 10.7 Å².